The summed E-state index contributed by atoms with van der Waals surface area (Å²) in [5.74, 6) is 0.386. The fraction of sp³-hybridized carbons (Fsp3) is 0.387. The van der Waals surface area contributed by atoms with E-state index < -0.39 is 5.41 Å². The fourth-order valence-electron chi connectivity index (χ4n) is 6.69. The van der Waals surface area contributed by atoms with E-state index in [-0.39, 0.29) is 35.6 Å². The van der Waals surface area contributed by atoms with Gasteiger partial charge in [0.05, 0.1) is 5.41 Å². The number of carbonyl (C=O) groups excluding carboxylic acids is 2. The van der Waals surface area contributed by atoms with E-state index in [0.717, 1.165) is 29.5 Å². The number of hydrogen-bond acceptors (Lipinski definition) is 3. The van der Waals surface area contributed by atoms with E-state index >= 15 is 0 Å². The normalized spacial score (nSPS) is 26.5. The summed E-state index contributed by atoms with van der Waals surface area (Å²) in [4.78, 5) is 32.3. The number of fused-ring (bicyclic) bond motifs is 1. The molecule has 2 aromatic carbocycles. The molecule has 5 atom stereocenters. The average molecular weight is 551 g/mol. The third-order valence-corrected chi connectivity index (χ3v) is 9.22. The van der Waals surface area contributed by atoms with Crippen LogP contribution in [0.1, 0.15) is 72.5 Å². The van der Waals surface area contributed by atoms with E-state index in [1.807, 2.05) is 49.4 Å². The van der Waals surface area contributed by atoms with Crippen LogP contribution in [0.15, 0.2) is 67.0 Å². The zero-order chi connectivity index (χ0) is 27.0. The molecule has 2 heterocycles. The molecule has 3 aromatic rings. The molecule has 0 unspecified atom stereocenters. The summed E-state index contributed by atoms with van der Waals surface area (Å²) in [6, 6.07) is 17.6. The Kier molecular flexibility index (Phi) is 7.52. The molecule has 1 saturated heterocycles. The first-order valence-electron chi connectivity index (χ1n) is 13.3. The van der Waals surface area contributed by atoms with Gasteiger partial charge in [-0.2, -0.15) is 0 Å². The summed E-state index contributed by atoms with van der Waals surface area (Å²) in [6.07, 6.45) is 5.09. The Bertz CT molecular complexity index is 1330. The number of hydrogen-bond donors (Lipinski definition) is 1. The van der Waals surface area contributed by atoms with Crippen molar-refractivity contribution >= 4 is 35.0 Å². The first kappa shape index (κ1) is 26.7. The van der Waals surface area contributed by atoms with E-state index in [1.165, 1.54) is 0 Å². The second-order valence-corrected chi connectivity index (χ2v) is 11.7. The number of aromatic nitrogens is 1. The van der Waals surface area contributed by atoms with Crippen molar-refractivity contribution in [2.24, 2.45) is 11.3 Å². The van der Waals surface area contributed by atoms with Gasteiger partial charge in [-0.05, 0) is 91.6 Å². The molecule has 0 radical (unpaired) electrons. The van der Waals surface area contributed by atoms with Crippen LogP contribution >= 0.6 is 23.2 Å². The number of amides is 2. The Morgan fingerprint density at radius 3 is 2.47 bits per heavy atom. The minimum absolute atomic E-state index is 0.0434. The molecule has 5 nitrogen and oxygen atoms in total. The molecule has 0 spiro atoms. The third kappa shape index (κ3) is 4.83. The van der Waals surface area contributed by atoms with Gasteiger partial charge in [0.2, 0.25) is 5.91 Å². The summed E-state index contributed by atoms with van der Waals surface area (Å²) in [7, 11) is 0. The monoisotopic (exact) mass is 549 g/mol. The van der Waals surface area contributed by atoms with Crippen LogP contribution in [0.4, 0.5) is 0 Å². The molecule has 2 aliphatic rings. The van der Waals surface area contributed by atoms with E-state index in [0.29, 0.717) is 28.7 Å². The highest BCUT2D eigenvalue weighted by atomic mass is 35.5. The Labute approximate surface area is 234 Å². The lowest BCUT2D eigenvalue weighted by atomic mass is 9.56. The van der Waals surface area contributed by atoms with Crippen LogP contribution in [0.3, 0.4) is 0 Å². The molecular weight excluding hydrogens is 517 g/mol. The summed E-state index contributed by atoms with van der Waals surface area (Å²) in [5, 5.41) is 4.48. The van der Waals surface area contributed by atoms with Crippen LogP contribution in [0.25, 0.3) is 0 Å². The van der Waals surface area contributed by atoms with Crippen molar-refractivity contribution in [1.29, 1.82) is 0 Å². The average Bonchev–Trinajstić information content (AvgIpc) is 3.15. The summed E-state index contributed by atoms with van der Waals surface area (Å²) in [6.45, 7) is 7.27. The maximum Gasteiger partial charge on any atom is 0.254 e. The lowest BCUT2D eigenvalue weighted by Crippen LogP contribution is -2.42. The van der Waals surface area contributed by atoms with E-state index in [4.69, 9.17) is 23.2 Å². The number of pyridine rings is 1. The van der Waals surface area contributed by atoms with Crippen molar-refractivity contribution in [3.8, 4) is 0 Å². The number of halogens is 2. The quantitative estimate of drug-likeness (QED) is 0.365. The van der Waals surface area contributed by atoms with Crippen LogP contribution < -0.4 is 5.32 Å². The summed E-state index contributed by atoms with van der Waals surface area (Å²) < 4.78 is 0. The number of nitrogens with one attached hydrogen (secondary N) is 1. The predicted molar refractivity (Wildman–Crippen MR) is 151 cm³/mol. The van der Waals surface area contributed by atoms with Crippen molar-refractivity contribution in [1.82, 2.24) is 15.2 Å². The van der Waals surface area contributed by atoms with Gasteiger partial charge in [-0.3, -0.25) is 14.6 Å². The Balaban J connectivity index is 1.48. The van der Waals surface area contributed by atoms with Gasteiger partial charge in [0.25, 0.3) is 5.91 Å². The van der Waals surface area contributed by atoms with Gasteiger partial charge in [-0.1, -0.05) is 48.3 Å². The third-order valence-electron chi connectivity index (χ3n) is 8.64. The molecule has 1 saturated carbocycles. The lowest BCUT2D eigenvalue weighted by Gasteiger charge is -2.46. The first-order chi connectivity index (χ1) is 18.2. The summed E-state index contributed by atoms with van der Waals surface area (Å²) in [5.41, 5.74) is 3.35. The highest BCUT2D eigenvalue weighted by Gasteiger charge is 2.57. The lowest BCUT2D eigenvalue weighted by molar-refractivity contribution is -0.129. The van der Waals surface area contributed by atoms with Crippen LogP contribution in [-0.4, -0.2) is 34.3 Å². The number of nitrogens with zero attached hydrogens (tertiary/aromatic N) is 2. The second-order valence-electron chi connectivity index (χ2n) is 10.8. The van der Waals surface area contributed by atoms with E-state index in [2.05, 4.69) is 36.3 Å². The zero-order valence-corrected chi connectivity index (χ0v) is 23.5. The molecule has 198 valence electrons. The molecule has 5 rings (SSSR count). The van der Waals surface area contributed by atoms with Crippen LogP contribution in [0.5, 0.6) is 0 Å². The first-order valence-corrected chi connectivity index (χ1v) is 14.0. The van der Waals surface area contributed by atoms with Crippen LogP contribution in [-0.2, 0) is 11.3 Å². The summed E-state index contributed by atoms with van der Waals surface area (Å²) >= 11 is 13.2. The van der Waals surface area contributed by atoms with Crippen molar-refractivity contribution < 1.29 is 9.59 Å². The number of rotatable bonds is 6. The van der Waals surface area contributed by atoms with E-state index in [9.17, 15) is 9.59 Å². The van der Waals surface area contributed by atoms with Crippen molar-refractivity contribution in [3.63, 3.8) is 0 Å². The van der Waals surface area contributed by atoms with Gasteiger partial charge in [-0.25, -0.2) is 0 Å². The van der Waals surface area contributed by atoms with Crippen LogP contribution in [0, 0.1) is 11.3 Å². The Hall–Kier alpha value is -2.89. The molecular formula is C31H33Cl2N3O2. The molecule has 2 amide bonds. The van der Waals surface area contributed by atoms with Gasteiger partial charge in [0.15, 0.2) is 0 Å². The second kappa shape index (κ2) is 10.7. The smallest absolute Gasteiger partial charge is 0.254 e. The number of carbonyl (C=O) groups is 2. The topological polar surface area (TPSA) is 62.3 Å². The molecule has 1 aliphatic heterocycles. The molecule has 1 aromatic heterocycles. The highest BCUT2D eigenvalue weighted by Crippen LogP contribution is 2.59. The minimum Gasteiger partial charge on any atom is -0.353 e. The molecule has 7 heteroatoms. The highest BCUT2D eigenvalue weighted by molar-refractivity contribution is 6.32. The van der Waals surface area contributed by atoms with E-state index in [1.54, 1.807) is 17.3 Å². The van der Waals surface area contributed by atoms with Gasteiger partial charge in [-0.15, -0.1) is 0 Å². The van der Waals surface area contributed by atoms with Gasteiger partial charge < -0.3 is 10.2 Å². The SMILES string of the molecule is CCN(Cc1ccncc1)C(=O)c1ccc([C@@H]2CC[C@@]3(C)C(=O)N[C@H](C)[C@H]3[C@H]2c2ccc(Cl)cc2)c(Cl)c1. The fourth-order valence-corrected chi connectivity index (χ4v) is 7.14. The van der Waals surface area contributed by atoms with Crippen LogP contribution in [0.2, 0.25) is 10.0 Å². The minimum atomic E-state index is -0.433. The zero-order valence-electron chi connectivity index (χ0n) is 22.0. The van der Waals surface area contributed by atoms with Gasteiger partial charge in [0.1, 0.15) is 0 Å². The largest absolute Gasteiger partial charge is 0.353 e. The molecule has 1 N–H and O–H groups in total. The van der Waals surface area contributed by atoms with Crippen molar-refractivity contribution in [2.75, 3.05) is 6.54 Å². The molecule has 2 fully saturated rings. The van der Waals surface area contributed by atoms with Crippen molar-refractivity contribution in [3.05, 3.63) is 99.3 Å². The van der Waals surface area contributed by atoms with Gasteiger partial charge >= 0.3 is 0 Å². The Morgan fingerprint density at radius 1 is 1.11 bits per heavy atom. The molecule has 0 bridgehead atoms. The van der Waals surface area contributed by atoms with Gasteiger partial charge in [0, 0.05) is 53.1 Å². The van der Waals surface area contributed by atoms with Crippen molar-refractivity contribution in [2.45, 2.75) is 58.0 Å². The number of benzene rings is 2. The predicted octanol–water partition coefficient (Wildman–Crippen LogP) is 6.85. The molecule has 38 heavy (non-hydrogen) atoms. The maximum atomic E-state index is 13.4. The standard InChI is InChI=1S/C31H33Cl2N3O2/c1-4-36(18-20-12-15-34-16-13-20)29(37)22-7-10-24(26(33)17-22)25-11-14-31(3)28(19(2)35-30(31)38)27(25)21-5-8-23(32)9-6-21/h5-10,12-13,15-17,19,25,27-28H,4,11,14,18H2,1-3H3,(H,35,38)/t19-,25+,27+,28+,31-/m1/s1. The maximum absolute atomic E-state index is 13.4. The molecule has 1 aliphatic carbocycles. The Morgan fingerprint density at radius 2 is 1.82 bits per heavy atom.